The Bertz CT molecular complexity index is 270. The molecule has 0 fully saturated rings. The Morgan fingerprint density at radius 2 is 2.57 bits per heavy atom. The molecule has 1 unspecified atom stereocenters. The second kappa shape index (κ2) is 5.39. The van der Waals surface area contributed by atoms with Crippen molar-refractivity contribution in [2.24, 2.45) is 0 Å². The average molecular weight is 198 g/mol. The summed E-state index contributed by atoms with van der Waals surface area (Å²) < 4.78 is 4.53. The molecule has 78 valence electrons. The van der Waals surface area contributed by atoms with Crippen molar-refractivity contribution in [1.29, 1.82) is 0 Å². The van der Waals surface area contributed by atoms with Gasteiger partial charge >= 0.3 is 0 Å². The van der Waals surface area contributed by atoms with Crippen LogP contribution in [0.4, 0.5) is 0 Å². The summed E-state index contributed by atoms with van der Waals surface area (Å²) in [5.41, 5.74) is 0.280. The first-order valence-corrected chi connectivity index (χ1v) is 4.57. The minimum absolute atomic E-state index is 0.246. The minimum atomic E-state index is -0.320. The van der Waals surface area contributed by atoms with Crippen LogP contribution in [-0.4, -0.2) is 28.8 Å². The average Bonchev–Trinajstić information content (AvgIpc) is 2.64. The number of aliphatic hydroxyl groups is 1. The highest BCUT2D eigenvalue weighted by atomic mass is 16.5. The summed E-state index contributed by atoms with van der Waals surface area (Å²) in [6, 6.07) is 1.50. The van der Waals surface area contributed by atoms with E-state index in [1.807, 2.05) is 0 Å². The first-order chi connectivity index (χ1) is 6.70. The lowest BCUT2D eigenvalue weighted by Gasteiger charge is -2.04. The van der Waals surface area contributed by atoms with Crippen LogP contribution in [-0.2, 0) is 0 Å². The molecule has 1 rings (SSSR count). The molecular weight excluding hydrogens is 184 g/mol. The van der Waals surface area contributed by atoms with E-state index in [0.29, 0.717) is 13.0 Å². The lowest BCUT2D eigenvalue weighted by molar-refractivity contribution is 0.0940. The summed E-state index contributed by atoms with van der Waals surface area (Å²) in [7, 11) is 0. The first kappa shape index (κ1) is 10.7. The molecular formula is C9H14N2O3. The molecule has 0 aromatic carbocycles. The lowest BCUT2D eigenvalue weighted by atomic mass is 10.2. The molecule has 1 heterocycles. The summed E-state index contributed by atoms with van der Waals surface area (Å²) in [6.07, 6.45) is 2.46. The standard InChI is InChI=1S/C9H14N2O3/c1-7(12)3-2-5-10-9(13)8-4-6-14-11-8/h4,6-7,12H,2-3,5H2,1H3,(H,10,13). The maximum absolute atomic E-state index is 11.3. The summed E-state index contributed by atoms with van der Waals surface area (Å²) in [6.45, 7) is 2.26. The summed E-state index contributed by atoms with van der Waals surface area (Å²) >= 11 is 0. The Kier molecular flexibility index (Phi) is 4.12. The largest absolute Gasteiger partial charge is 0.393 e. The fourth-order valence-electron chi connectivity index (χ4n) is 1.02. The van der Waals surface area contributed by atoms with Crippen molar-refractivity contribution in [1.82, 2.24) is 10.5 Å². The zero-order chi connectivity index (χ0) is 10.4. The third-order valence-corrected chi connectivity index (χ3v) is 1.75. The highest BCUT2D eigenvalue weighted by molar-refractivity contribution is 5.91. The predicted molar refractivity (Wildman–Crippen MR) is 49.8 cm³/mol. The van der Waals surface area contributed by atoms with Gasteiger partial charge in [-0.15, -0.1) is 0 Å². The Morgan fingerprint density at radius 3 is 3.14 bits per heavy atom. The molecule has 1 atom stereocenters. The quantitative estimate of drug-likeness (QED) is 0.678. The van der Waals surface area contributed by atoms with E-state index in [1.54, 1.807) is 6.92 Å². The third-order valence-electron chi connectivity index (χ3n) is 1.75. The molecule has 1 amide bonds. The van der Waals surface area contributed by atoms with Crippen LogP contribution >= 0.6 is 0 Å². The number of nitrogens with zero attached hydrogens (tertiary/aromatic N) is 1. The third kappa shape index (κ3) is 3.57. The van der Waals surface area contributed by atoms with Gasteiger partial charge in [-0.2, -0.15) is 0 Å². The van der Waals surface area contributed by atoms with Crippen LogP contribution in [0.5, 0.6) is 0 Å². The van der Waals surface area contributed by atoms with E-state index < -0.39 is 0 Å². The maximum atomic E-state index is 11.3. The van der Waals surface area contributed by atoms with Crippen molar-refractivity contribution in [2.45, 2.75) is 25.9 Å². The molecule has 0 saturated carbocycles. The van der Waals surface area contributed by atoms with E-state index in [0.717, 1.165) is 6.42 Å². The van der Waals surface area contributed by atoms with Crippen molar-refractivity contribution < 1.29 is 14.4 Å². The van der Waals surface area contributed by atoms with E-state index in [4.69, 9.17) is 5.11 Å². The number of hydrogen-bond donors (Lipinski definition) is 2. The van der Waals surface area contributed by atoms with Crippen LogP contribution in [0, 0.1) is 0 Å². The molecule has 0 bridgehead atoms. The fourth-order valence-corrected chi connectivity index (χ4v) is 1.02. The van der Waals surface area contributed by atoms with Gasteiger partial charge in [-0.25, -0.2) is 0 Å². The highest BCUT2D eigenvalue weighted by Crippen LogP contribution is 1.96. The van der Waals surface area contributed by atoms with E-state index in [9.17, 15) is 4.79 Å². The zero-order valence-electron chi connectivity index (χ0n) is 8.06. The number of amides is 1. The number of rotatable bonds is 5. The van der Waals surface area contributed by atoms with Crippen LogP contribution < -0.4 is 5.32 Å². The minimum Gasteiger partial charge on any atom is -0.393 e. The number of aliphatic hydroxyl groups excluding tert-OH is 1. The van der Waals surface area contributed by atoms with Gasteiger partial charge in [-0.1, -0.05) is 5.16 Å². The molecule has 14 heavy (non-hydrogen) atoms. The smallest absolute Gasteiger partial charge is 0.273 e. The van der Waals surface area contributed by atoms with E-state index in [-0.39, 0.29) is 17.7 Å². The molecule has 5 nitrogen and oxygen atoms in total. The van der Waals surface area contributed by atoms with Gasteiger partial charge in [0.15, 0.2) is 5.69 Å². The highest BCUT2D eigenvalue weighted by Gasteiger charge is 2.07. The van der Waals surface area contributed by atoms with Crippen LogP contribution in [0.25, 0.3) is 0 Å². The van der Waals surface area contributed by atoms with Gasteiger partial charge in [0.1, 0.15) is 6.26 Å². The predicted octanol–water partition coefficient (Wildman–Crippen LogP) is 0.565. The normalized spacial score (nSPS) is 12.4. The number of nitrogens with one attached hydrogen (secondary N) is 1. The van der Waals surface area contributed by atoms with Gasteiger partial charge in [0.2, 0.25) is 0 Å². The van der Waals surface area contributed by atoms with Crippen molar-refractivity contribution in [3.63, 3.8) is 0 Å². The zero-order valence-corrected chi connectivity index (χ0v) is 8.06. The molecule has 0 spiro atoms. The van der Waals surface area contributed by atoms with Crippen molar-refractivity contribution in [3.8, 4) is 0 Å². The Labute approximate surface area is 82.1 Å². The van der Waals surface area contributed by atoms with Crippen molar-refractivity contribution >= 4 is 5.91 Å². The van der Waals surface area contributed by atoms with Gasteiger partial charge in [-0.3, -0.25) is 4.79 Å². The fraction of sp³-hybridized carbons (Fsp3) is 0.556. The molecule has 5 heteroatoms. The van der Waals surface area contributed by atoms with Crippen molar-refractivity contribution in [2.75, 3.05) is 6.54 Å². The summed E-state index contributed by atoms with van der Waals surface area (Å²) in [5.74, 6) is -0.246. The topological polar surface area (TPSA) is 75.4 Å². The monoisotopic (exact) mass is 198 g/mol. The SMILES string of the molecule is CC(O)CCCNC(=O)c1ccon1. The van der Waals surface area contributed by atoms with Crippen LogP contribution in [0.15, 0.2) is 16.9 Å². The summed E-state index contributed by atoms with van der Waals surface area (Å²) in [4.78, 5) is 11.3. The van der Waals surface area contributed by atoms with Gasteiger partial charge in [-0.05, 0) is 19.8 Å². The Hall–Kier alpha value is -1.36. The van der Waals surface area contributed by atoms with Gasteiger partial charge in [0.05, 0.1) is 6.10 Å². The van der Waals surface area contributed by atoms with Gasteiger partial charge in [0, 0.05) is 12.6 Å². The number of aromatic nitrogens is 1. The lowest BCUT2D eigenvalue weighted by Crippen LogP contribution is -2.25. The van der Waals surface area contributed by atoms with Gasteiger partial charge < -0.3 is 14.9 Å². The number of hydrogen-bond acceptors (Lipinski definition) is 4. The molecule has 2 N–H and O–H groups in total. The number of carbonyl (C=O) groups excluding carboxylic acids is 1. The van der Waals surface area contributed by atoms with E-state index in [1.165, 1.54) is 12.3 Å². The molecule has 1 aromatic rings. The Balaban J connectivity index is 2.16. The molecule has 0 aliphatic rings. The maximum Gasteiger partial charge on any atom is 0.273 e. The van der Waals surface area contributed by atoms with Crippen LogP contribution in [0.2, 0.25) is 0 Å². The van der Waals surface area contributed by atoms with Crippen LogP contribution in [0.3, 0.4) is 0 Å². The molecule has 0 aliphatic heterocycles. The second-order valence-corrected chi connectivity index (χ2v) is 3.13. The summed E-state index contributed by atoms with van der Waals surface area (Å²) in [5, 5.41) is 15.1. The molecule has 0 saturated heterocycles. The van der Waals surface area contributed by atoms with Crippen LogP contribution in [0.1, 0.15) is 30.3 Å². The first-order valence-electron chi connectivity index (χ1n) is 4.57. The Morgan fingerprint density at radius 1 is 1.79 bits per heavy atom. The molecule has 1 aromatic heterocycles. The van der Waals surface area contributed by atoms with Gasteiger partial charge in [0.25, 0.3) is 5.91 Å². The molecule has 0 aliphatic carbocycles. The molecule has 0 radical (unpaired) electrons. The van der Waals surface area contributed by atoms with E-state index in [2.05, 4.69) is 15.0 Å². The second-order valence-electron chi connectivity index (χ2n) is 3.13. The van der Waals surface area contributed by atoms with Crippen molar-refractivity contribution in [3.05, 3.63) is 18.0 Å². The van der Waals surface area contributed by atoms with E-state index >= 15 is 0 Å². The number of carbonyl (C=O) groups is 1.